The maximum absolute atomic E-state index is 11.2. The molecule has 16 heavy (non-hydrogen) atoms. The summed E-state index contributed by atoms with van der Waals surface area (Å²) in [4.78, 5) is 15.3. The van der Waals surface area contributed by atoms with Gasteiger partial charge in [-0.1, -0.05) is 30.3 Å². The number of carboxylic acids is 1. The van der Waals surface area contributed by atoms with E-state index in [2.05, 4.69) is 4.98 Å². The van der Waals surface area contributed by atoms with Crippen LogP contribution in [0.4, 0.5) is 0 Å². The highest BCUT2D eigenvalue weighted by atomic mass is 16.4. The molecule has 1 aromatic heterocycles. The van der Waals surface area contributed by atoms with Crippen LogP contribution < -0.4 is 0 Å². The van der Waals surface area contributed by atoms with E-state index in [1.165, 1.54) is 0 Å². The third-order valence-electron chi connectivity index (χ3n) is 2.42. The maximum Gasteiger partial charge on any atom is 0.338 e. The quantitative estimate of drug-likeness (QED) is 0.834. The van der Waals surface area contributed by atoms with Crippen LogP contribution in [0.15, 0.2) is 42.6 Å². The molecule has 0 unspecified atom stereocenters. The van der Waals surface area contributed by atoms with Crippen molar-refractivity contribution in [3.8, 4) is 11.3 Å². The van der Waals surface area contributed by atoms with E-state index in [9.17, 15) is 4.79 Å². The predicted molar refractivity (Wildman–Crippen MR) is 61.4 cm³/mol. The number of hydrogen-bond donors (Lipinski definition) is 1. The Morgan fingerprint density at radius 3 is 2.50 bits per heavy atom. The molecule has 2 aromatic rings. The van der Waals surface area contributed by atoms with Gasteiger partial charge in [0.2, 0.25) is 0 Å². The van der Waals surface area contributed by atoms with E-state index in [-0.39, 0.29) is 5.56 Å². The first-order chi connectivity index (χ1) is 7.70. The molecule has 0 spiro atoms. The smallest absolute Gasteiger partial charge is 0.338 e. The zero-order valence-electron chi connectivity index (χ0n) is 8.84. The van der Waals surface area contributed by atoms with E-state index < -0.39 is 5.97 Å². The van der Waals surface area contributed by atoms with Crippen molar-refractivity contribution in [2.24, 2.45) is 0 Å². The molecule has 2 rings (SSSR count). The van der Waals surface area contributed by atoms with E-state index in [4.69, 9.17) is 5.11 Å². The molecule has 1 N–H and O–H groups in total. The van der Waals surface area contributed by atoms with Crippen molar-refractivity contribution in [1.29, 1.82) is 0 Å². The Labute approximate surface area is 93.4 Å². The van der Waals surface area contributed by atoms with E-state index in [0.29, 0.717) is 5.69 Å². The van der Waals surface area contributed by atoms with Crippen molar-refractivity contribution in [3.05, 3.63) is 53.7 Å². The van der Waals surface area contributed by atoms with Gasteiger partial charge >= 0.3 is 5.97 Å². The lowest BCUT2D eigenvalue weighted by Crippen LogP contribution is -2.04. The predicted octanol–water partition coefficient (Wildman–Crippen LogP) is 2.76. The van der Waals surface area contributed by atoms with Crippen LogP contribution in [0.1, 0.15) is 15.9 Å². The highest BCUT2D eigenvalue weighted by molar-refractivity contribution is 5.96. The van der Waals surface area contributed by atoms with Crippen molar-refractivity contribution in [2.75, 3.05) is 0 Å². The summed E-state index contributed by atoms with van der Waals surface area (Å²) >= 11 is 0. The average Bonchev–Trinajstić information content (AvgIpc) is 2.29. The normalized spacial score (nSPS) is 10.1. The molecule has 1 heterocycles. The van der Waals surface area contributed by atoms with Crippen LogP contribution in [0.3, 0.4) is 0 Å². The molecular weight excluding hydrogens is 202 g/mol. The first-order valence-electron chi connectivity index (χ1n) is 4.94. The highest BCUT2D eigenvalue weighted by Gasteiger charge is 2.15. The van der Waals surface area contributed by atoms with Gasteiger partial charge in [0.05, 0.1) is 11.3 Å². The zero-order valence-corrected chi connectivity index (χ0v) is 8.84. The topological polar surface area (TPSA) is 50.2 Å². The van der Waals surface area contributed by atoms with Gasteiger partial charge < -0.3 is 5.11 Å². The minimum Gasteiger partial charge on any atom is -0.478 e. The Morgan fingerprint density at radius 2 is 1.88 bits per heavy atom. The highest BCUT2D eigenvalue weighted by Crippen LogP contribution is 2.23. The van der Waals surface area contributed by atoms with Crippen molar-refractivity contribution in [1.82, 2.24) is 4.98 Å². The molecule has 0 saturated carbocycles. The molecular formula is C13H11NO2. The van der Waals surface area contributed by atoms with Gasteiger partial charge in [0, 0.05) is 11.8 Å². The van der Waals surface area contributed by atoms with Crippen molar-refractivity contribution in [3.63, 3.8) is 0 Å². The number of nitrogens with zero attached hydrogens (tertiary/aromatic N) is 1. The molecule has 0 aliphatic carbocycles. The summed E-state index contributed by atoms with van der Waals surface area (Å²) in [5, 5.41) is 9.17. The van der Waals surface area contributed by atoms with Crippen molar-refractivity contribution >= 4 is 5.97 Å². The third-order valence-corrected chi connectivity index (χ3v) is 2.42. The number of rotatable bonds is 2. The molecule has 0 radical (unpaired) electrons. The van der Waals surface area contributed by atoms with E-state index >= 15 is 0 Å². The van der Waals surface area contributed by atoms with E-state index in [1.807, 2.05) is 30.3 Å². The lowest BCUT2D eigenvalue weighted by molar-refractivity contribution is 0.0696. The monoisotopic (exact) mass is 213 g/mol. The summed E-state index contributed by atoms with van der Waals surface area (Å²) < 4.78 is 0. The van der Waals surface area contributed by atoms with Gasteiger partial charge in [-0.25, -0.2) is 4.79 Å². The summed E-state index contributed by atoms with van der Waals surface area (Å²) in [5.41, 5.74) is 2.34. The second-order valence-corrected chi connectivity index (χ2v) is 3.52. The van der Waals surface area contributed by atoms with Gasteiger partial charge in [-0.05, 0) is 18.6 Å². The fourth-order valence-corrected chi connectivity index (χ4v) is 1.64. The Morgan fingerprint density at radius 1 is 1.19 bits per heavy atom. The van der Waals surface area contributed by atoms with Gasteiger partial charge in [-0.3, -0.25) is 4.98 Å². The van der Waals surface area contributed by atoms with Crippen LogP contribution in [-0.4, -0.2) is 16.1 Å². The number of hydrogen-bond acceptors (Lipinski definition) is 2. The number of aromatic carboxylic acids is 1. The largest absolute Gasteiger partial charge is 0.478 e. The zero-order chi connectivity index (χ0) is 11.5. The SMILES string of the molecule is Cc1ccnc(-c2ccccc2)c1C(=O)O. The maximum atomic E-state index is 11.2. The minimum absolute atomic E-state index is 0.272. The summed E-state index contributed by atoms with van der Waals surface area (Å²) in [7, 11) is 0. The van der Waals surface area contributed by atoms with E-state index in [1.54, 1.807) is 19.2 Å². The fraction of sp³-hybridized carbons (Fsp3) is 0.0769. The lowest BCUT2D eigenvalue weighted by atomic mass is 10.0. The standard InChI is InChI=1S/C13H11NO2/c1-9-7-8-14-12(11(9)13(15)16)10-5-3-2-4-6-10/h2-8H,1H3,(H,15,16). The Kier molecular flexibility index (Phi) is 2.68. The van der Waals surface area contributed by atoms with Crippen LogP contribution >= 0.6 is 0 Å². The summed E-state index contributed by atoms with van der Waals surface area (Å²) in [6.07, 6.45) is 1.63. The van der Waals surface area contributed by atoms with Crippen LogP contribution in [0.25, 0.3) is 11.3 Å². The molecule has 3 heteroatoms. The number of carbonyl (C=O) groups is 1. The van der Waals surface area contributed by atoms with Gasteiger partial charge in [-0.2, -0.15) is 0 Å². The van der Waals surface area contributed by atoms with Gasteiger partial charge in [0.15, 0.2) is 0 Å². The van der Waals surface area contributed by atoms with Crippen molar-refractivity contribution in [2.45, 2.75) is 6.92 Å². The second kappa shape index (κ2) is 4.14. The summed E-state index contributed by atoms with van der Waals surface area (Å²) in [5.74, 6) is -0.940. The Bertz CT molecular complexity index is 521. The Balaban J connectivity index is 2.66. The molecule has 0 aliphatic rings. The number of aromatic nitrogens is 1. The fourth-order valence-electron chi connectivity index (χ4n) is 1.64. The Hall–Kier alpha value is -2.16. The molecule has 0 atom stereocenters. The molecule has 0 saturated heterocycles. The second-order valence-electron chi connectivity index (χ2n) is 3.52. The molecule has 0 amide bonds. The van der Waals surface area contributed by atoms with Gasteiger partial charge in [0.1, 0.15) is 0 Å². The lowest BCUT2D eigenvalue weighted by Gasteiger charge is -2.07. The average molecular weight is 213 g/mol. The summed E-state index contributed by atoms with van der Waals surface area (Å²) in [6, 6.07) is 11.0. The van der Waals surface area contributed by atoms with Crippen LogP contribution in [0.2, 0.25) is 0 Å². The van der Waals surface area contributed by atoms with E-state index in [0.717, 1.165) is 11.1 Å². The molecule has 1 aromatic carbocycles. The third kappa shape index (κ3) is 1.80. The first-order valence-corrected chi connectivity index (χ1v) is 4.94. The number of aryl methyl sites for hydroxylation is 1. The molecule has 0 fully saturated rings. The van der Waals surface area contributed by atoms with Crippen LogP contribution in [-0.2, 0) is 0 Å². The number of benzene rings is 1. The van der Waals surface area contributed by atoms with Crippen molar-refractivity contribution < 1.29 is 9.90 Å². The molecule has 3 nitrogen and oxygen atoms in total. The minimum atomic E-state index is -0.940. The van der Waals surface area contributed by atoms with Crippen LogP contribution in [0, 0.1) is 6.92 Å². The summed E-state index contributed by atoms with van der Waals surface area (Å²) in [6.45, 7) is 1.78. The number of carboxylic acid groups (broad SMARTS) is 1. The molecule has 80 valence electrons. The van der Waals surface area contributed by atoms with Gasteiger partial charge in [-0.15, -0.1) is 0 Å². The molecule has 0 aliphatic heterocycles. The van der Waals surface area contributed by atoms with Gasteiger partial charge in [0.25, 0.3) is 0 Å². The number of pyridine rings is 1. The first kappa shape index (κ1) is 10.4. The van der Waals surface area contributed by atoms with Crippen LogP contribution in [0.5, 0.6) is 0 Å². The molecule has 0 bridgehead atoms.